The summed E-state index contributed by atoms with van der Waals surface area (Å²) in [5.41, 5.74) is 2.90. The lowest BCUT2D eigenvalue weighted by molar-refractivity contribution is 0.104. The number of ether oxygens (including phenoxy) is 5. The first kappa shape index (κ1) is 25.2. The molecule has 0 fully saturated rings. The summed E-state index contributed by atoms with van der Waals surface area (Å²) in [5.74, 6) is 2.58. The van der Waals surface area contributed by atoms with Crippen molar-refractivity contribution in [3.05, 3.63) is 83.6 Å². The van der Waals surface area contributed by atoms with Crippen molar-refractivity contribution in [2.24, 2.45) is 0 Å². The maximum absolute atomic E-state index is 12.5. The Bertz CT molecular complexity index is 1190. The van der Waals surface area contributed by atoms with Gasteiger partial charge in [0, 0.05) is 23.4 Å². The third-order valence-electron chi connectivity index (χ3n) is 5.24. The van der Waals surface area contributed by atoms with Gasteiger partial charge in [-0.1, -0.05) is 42.5 Å². The van der Waals surface area contributed by atoms with Crippen molar-refractivity contribution in [3.8, 4) is 28.7 Å². The van der Waals surface area contributed by atoms with E-state index in [0.717, 1.165) is 11.1 Å². The quantitative estimate of drug-likeness (QED) is 0.216. The third-order valence-corrected chi connectivity index (χ3v) is 5.24. The molecule has 0 amide bonds. The first-order valence-electron chi connectivity index (χ1n) is 10.8. The normalized spacial score (nSPS) is 10.9. The summed E-state index contributed by atoms with van der Waals surface area (Å²) in [6.45, 7) is 0. The number of benzene rings is 3. The zero-order valence-electron chi connectivity index (χ0n) is 20.5. The van der Waals surface area contributed by atoms with Crippen molar-refractivity contribution in [1.82, 2.24) is 0 Å². The molecular formula is C28H29NO6. The highest BCUT2D eigenvalue weighted by atomic mass is 16.5. The summed E-state index contributed by atoms with van der Waals surface area (Å²) >= 11 is 0. The Balaban J connectivity index is 1.96. The number of hydrogen-bond acceptors (Lipinski definition) is 7. The number of hydrogen-bond donors (Lipinski definition) is 1. The van der Waals surface area contributed by atoms with Gasteiger partial charge in [0.05, 0.1) is 41.2 Å². The zero-order chi connectivity index (χ0) is 25.2. The average Bonchev–Trinajstić information content (AvgIpc) is 2.91. The maximum Gasteiger partial charge on any atom is 0.203 e. The molecule has 0 saturated heterocycles. The van der Waals surface area contributed by atoms with Crippen molar-refractivity contribution in [1.29, 1.82) is 0 Å². The van der Waals surface area contributed by atoms with Crippen LogP contribution in [0.15, 0.2) is 66.9 Å². The molecule has 0 aliphatic heterocycles. The lowest BCUT2D eigenvalue weighted by Gasteiger charge is -2.15. The highest BCUT2D eigenvalue weighted by Gasteiger charge is 2.15. The molecular weight excluding hydrogens is 446 g/mol. The zero-order valence-corrected chi connectivity index (χ0v) is 20.5. The molecule has 0 aliphatic rings. The first-order valence-corrected chi connectivity index (χ1v) is 10.8. The second-order valence-electron chi connectivity index (χ2n) is 7.27. The van der Waals surface area contributed by atoms with Gasteiger partial charge in [0.2, 0.25) is 5.75 Å². The van der Waals surface area contributed by atoms with Crippen LogP contribution in [0.2, 0.25) is 0 Å². The summed E-state index contributed by atoms with van der Waals surface area (Å²) in [7, 11) is 7.85. The smallest absolute Gasteiger partial charge is 0.203 e. The maximum atomic E-state index is 12.5. The van der Waals surface area contributed by atoms with E-state index in [1.54, 1.807) is 53.9 Å². The van der Waals surface area contributed by atoms with Crippen LogP contribution in [-0.4, -0.2) is 41.3 Å². The highest BCUT2D eigenvalue weighted by molar-refractivity contribution is 6.04. The van der Waals surface area contributed by atoms with E-state index in [9.17, 15) is 4.79 Å². The number of anilines is 1. The fraction of sp³-hybridized carbons (Fsp3) is 0.179. The Hall–Kier alpha value is -4.39. The Morgan fingerprint density at radius 3 is 1.91 bits per heavy atom. The van der Waals surface area contributed by atoms with Gasteiger partial charge in [-0.2, -0.15) is 0 Å². The number of methoxy groups -OCH3 is 5. The first-order chi connectivity index (χ1) is 17.1. The predicted molar refractivity (Wildman–Crippen MR) is 138 cm³/mol. The van der Waals surface area contributed by atoms with E-state index < -0.39 is 0 Å². The fourth-order valence-electron chi connectivity index (χ4n) is 3.51. The van der Waals surface area contributed by atoms with Gasteiger partial charge in [-0.15, -0.1) is 0 Å². The molecule has 0 radical (unpaired) electrons. The van der Waals surface area contributed by atoms with Crippen molar-refractivity contribution in [3.63, 3.8) is 0 Å². The van der Waals surface area contributed by atoms with Crippen LogP contribution >= 0.6 is 0 Å². The molecule has 7 nitrogen and oxygen atoms in total. The van der Waals surface area contributed by atoms with Crippen molar-refractivity contribution >= 4 is 23.6 Å². The van der Waals surface area contributed by atoms with Crippen LogP contribution in [0.25, 0.3) is 12.2 Å². The van der Waals surface area contributed by atoms with E-state index in [1.165, 1.54) is 6.08 Å². The van der Waals surface area contributed by atoms with Gasteiger partial charge in [0.1, 0.15) is 0 Å². The van der Waals surface area contributed by atoms with Crippen molar-refractivity contribution < 1.29 is 28.5 Å². The molecule has 7 heteroatoms. The molecule has 0 aliphatic carbocycles. The number of nitrogens with one attached hydrogen (secondary N) is 1. The van der Waals surface area contributed by atoms with Crippen molar-refractivity contribution in [2.75, 3.05) is 40.9 Å². The predicted octanol–water partition coefficient (Wildman–Crippen LogP) is 5.71. The monoisotopic (exact) mass is 475 g/mol. The van der Waals surface area contributed by atoms with Gasteiger partial charge < -0.3 is 29.0 Å². The molecule has 0 atom stereocenters. The summed E-state index contributed by atoms with van der Waals surface area (Å²) in [6.07, 6.45) is 6.89. The summed E-state index contributed by atoms with van der Waals surface area (Å²) in [6, 6.07) is 16.5. The summed E-state index contributed by atoms with van der Waals surface area (Å²) in [5, 5.41) is 3.18. The Morgan fingerprint density at radius 1 is 0.714 bits per heavy atom. The molecule has 1 N–H and O–H groups in total. The van der Waals surface area contributed by atoms with Crippen LogP contribution < -0.4 is 29.0 Å². The van der Waals surface area contributed by atoms with Crippen LogP contribution in [0, 0.1) is 0 Å². The number of carbonyl (C=O) groups is 1. The molecule has 0 unspecified atom stereocenters. The number of carbonyl (C=O) groups excluding carboxylic acids is 1. The van der Waals surface area contributed by atoms with Gasteiger partial charge in [0.25, 0.3) is 0 Å². The molecule has 3 rings (SSSR count). The van der Waals surface area contributed by atoms with Crippen LogP contribution in [-0.2, 0) is 0 Å². The van der Waals surface area contributed by atoms with Crippen LogP contribution in [0.4, 0.5) is 5.69 Å². The summed E-state index contributed by atoms with van der Waals surface area (Å²) < 4.78 is 27.3. The minimum Gasteiger partial charge on any atom is -0.493 e. The van der Waals surface area contributed by atoms with E-state index in [2.05, 4.69) is 5.32 Å². The molecule has 0 heterocycles. The molecule has 0 saturated carbocycles. The molecule has 0 aromatic heterocycles. The van der Waals surface area contributed by atoms with E-state index in [-0.39, 0.29) is 5.78 Å². The van der Waals surface area contributed by atoms with Crippen LogP contribution in [0.1, 0.15) is 21.5 Å². The second-order valence-corrected chi connectivity index (χ2v) is 7.27. The third kappa shape index (κ3) is 5.95. The average molecular weight is 476 g/mol. The van der Waals surface area contributed by atoms with Crippen molar-refractivity contribution in [2.45, 2.75) is 0 Å². The molecule has 0 bridgehead atoms. The topological polar surface area (TPSA) is 75.2 Å². The lowest BCUT2D eigenvalue weighted by atomic mass is 10.1. The minimum absolute atomic E-state index is 0.116. The molecule has 0 spiro atoms. The second kappa shape index (κ2) is 12.2. The van der Waals surface area contributed by atoms with Crippen LogP contribution in [0.5, 0.6) is 28.7 Å². The standard InChI is InChI=1S/C28H29NO6/c1-31-23-14-13-21(12-11-19-17-24(32-2)27(34-4)25(18-19)33-3)26(28(23)35-5)29-16-15-22(30)20-9-7-6-8-10-20/h6-18,29H,1-5H3/b12-11?,16-15-. The number of ketones is 1. The Kier molecular flexibility index (Phi) is 8.78. The molecule has 3 aromatic rings. The van der Waals surface area contributed by atoms with E-state index in [4.69, 9.17) is 23.7 Å². The van der Waals surface area contributed by atoms with Gasteiger partial charge in [-0.3, -0.25) is 4.79 Å². The Morgan fingerprint density at radius 2 is 1.34 bits per heavy atom. The largest absolute Gasteiger partial charge is 0.493 e. The van der Waals surface area contributed by atoms with E-state index >= 15 is 0 Å². The minimum atomic E-state index is -0.116. The van der Waals surface area contributed by atoms with Gasteiger partial charge >= 0.3 is 0 Å². The molecule has 35 heavy (non-hydrogen) atoms. The lowest BCUT2D eigenvalue weighted by Crippen LogP contribution is -2.00. The van der Waals surface area contributed by atoms with Crippen LogP contribution in [0.3, 0.4) is 0 Å². The SMILES string of the molecule is COc1cc(C=Cc2ccc(OC)c(OC)c2N/C=C\C(=O)c2ccccc2)cc(OC)c1OC. The molecule has 3 aromatic carbocycles. The fourth-order valence-corrected chi connectivity index (χ4v) is 3.51. The van der Waals surface area contributed by atoms with Gasteiger partial charge in [-0.05, 0) is 29.8 Å². The number of allylic oxidation sites excluding steroid dienone is 1. The number of rotatable bonds is 11. The van der Waals surface area contributed by atoms with E-state index in [0.29, 0.717) is 40.0 Å². The van der Waals surface area contributed by atoms with Gasteiger partial charge in [-0.25, -0.2) is 0 Å². The Labute approximate surface area is 205 Å². The highest BCUT2D eigenvalue weighted by Crippen LogP contribution is 2.40. The van der Waals surface area contributed by atoms with Gasteiger partial charge in [0.15, 0.2) is 28.8 Å². The summed E-state index contributed by atoms with van der Waals surface area (Å²) in [4.78, 5) is 12.5. The molecule has 182 valence electrons. The van der Waals surface area contributed by atoms with E-state index in [1.807, 2.05) is 54.6 Å².